The molecule has 2 atom stereocenters. The third-order valence-corrected chi connectivity index (χ3v) is 9.70. The maximum Gasteiger partial charge on any atom is 0.192 e. The number of nitrogens with zero attached hydrogens (tertiary/aromatic N) is 2. The maximum atomic E-state index is 10.6. The van der Waals surface area contributed by atoms with Gasteiger partial charge in [0.05, 0.1) is 12.6 Å². The summed E-state index contributed by atoms with van der Waals surface area (Å²) in [6.07, 6.45) is 0. The molecule has 9 rings (SSSR count). The lowest BCUT2D eigenvalue weighted by molar-refractivity contribution is 0.981. The molecule has 44 heavy (non-hydrogen) atoms. The zero-order valence-corrected chi connectivity index (χ0v) is 23.8. The van der Waals surface area contributed by atoms with Crippen molar-refractivity contribution in [1.82, 2.24) is 0 Å². The largest absolute Gasteiger partial charge is 0.238 e. The highest BCUT2D eigenvalue weighted by Gasteiger charge is 2.37. The second-order valence-corrected chi connectivity index (χ2v) is 11.8. The van der Waals surface area contributed by atoms with Gasteiger partial charge in [0.25, 0.3) is 0 Å². The molecule has 2 heteroatoms. The first-order chi connectivity index (χ1) is 21.8. The van der Waals surface area contributed by atoms with E-state index in [9.17, 15) is 5.26 Å². The lowest BCUT2D eigenvalue weighted by Gasteiger charge is -2.23. The summed E-state index contributed by atoms with van der Waals surface area (Å²) in [6, 6.07) is 49.6. The summed E-state index contributed by atoms with van der Waals surface area (Å²) in [6.45, 7) is 8.29. The topological polar surface area (TPSA) is 28.1 Å². The van der Waals surface area contributed by atoms with E-state index >= 15 is 0 Å². The normalized spacial score (nSPS) is 15.7. The highest BCUT2D eigenvalue weighted by atomic mass is 14.7. The van der Waals surface area contributed by atoms with E-state index in [0.29, 0.717) is 11.3 Å². The van der Waals surface area contributed by atoms with E-state index in [0.717, 1.165) is 11.1 Å². The Labute approximate surface area is 255 Å². The van der Waals surface area contributed by atoms with Gasteiger partial charge in [-0.3, -0.25) is 0 Å². The van der Waals surface area contributed by atoms with Crippen LogP contribution in [0.3, 0.4) is 0 Å². The summed E-state index contributed by atoms with van der Waals surface area (Å²) in [5, 5.41) is 15.3. The second kappa shape index (κ2) is 9.27. The predicted octanol–water partition coefficient (Wildman–Crippen LogP) is 10.7. The van der Waals surface area contributed by atoms with Gasteiger partial charge < -0.3 is 0 Å². The van der Waals surface area contributed by atoms with Gasteiger partial charge in [-0.2, -0.15) is 5.26 Å². The van der Waals surface area contributed by atoms with E-state index in [1.807, 2.05) is 6.07 Å². The fourth-order valence-electron chi connectivity index (χ4n) is 7.91. The van der Waals surface area contributed by atoms with Gasteiger partial charge in [0, 0.05) is 17.4 Å². The molecular formula is C42H24N2. The van der Waals surface area contributed by atoms with Crippen molar-refractivity contribution in [2.75, 3.05) is 0 Å². The van der Waals surface area contributed by atoms with Crippen LogP contribution < -0.4 is 0 Å². The van der Waals surface area contributed by atoms with Crippen molar-refractivity contribution < 1.29 is 0 Å². The average molecular weight is 557 g/mol. The lowest BCUT2D eigenvalue weighted by Crippen LogP contribution is -2.07. The molecule has 0 fully saturated rings. The molecule has 0 aromatic heterocycles. The first-order valence-electron chi connectivity index (χ1n) is 14.9. The van der Waals surface area contributed by atoms with Gasteiger partial charge in [0.15, 0.2) is 5.69 Å². The minimum absolute atomic E-state index is 0.119. The van der Waals surface area contributed by atoms with Crippen LogP contribution in [0.1, 0.15) is 50.8 Å². The van der Waals surface area contributed by atoms with Crippen molar-refractivity contribution >= 4 is 27.2 Å². The Hall–Kier alpha value is -5.96. The number of nitriles is 1. The molecular weight excluding hydrogens is 532 g/mol. The van der Waals surface area contributed by atoms with Gasteiger partial charge in [0.1, 0.15) is 0 Å². The minimum Gasteiger partial charge on any atom is -0.238 e. The maximum absolute atomic E-state index is 10.6. The van der Waals surface area contributed by atoms with Crippen LogP contribution in [-0.4, -0.2) is 0 Å². The van der Waals surface area contributed by atoms with Crippen molar-refractivity contribution in [2.45, 2.75) is 11.8 Å². The molecule has 0 aliphatic heterocycles. The Morgan fingerprint density at radius 2 is 1.00 bits per heavy atom. The van der Waals surface area contributed by atoms with Gasteiger partial charge in [0.2, 0.25) is 0 Å². The number of fused-ring (bicyclic) bond motifs is 10. The zero-order chi connectivity index (χ0) is 29.4. The molecule has 2 aliphatic rings. The van der Waals surface area contributed by atoms with Gasteiger partial charge >= 0.3 is 0 Å². The Kier molecular flexibility index (Phi) is 5.19. The molecule has 0 bridgehead atoms. The Morgan fingerprint density at radius 1 is 0.500 bits per heavy atom. The summed E-state index contributed by atoms with van der Waals surface area (Å²) in [5.41, 5.74) is 12.8. The summed E-state index contributed by atoms with van der Waals surface area (Å²) in [7, 11) is 0. The van der Waals surface area contributed by atoms with E-state index in [1.165, 1.54) is 66.1 Å². The fraction of sp³-hybridized carbons (Fsp3) is 0.0476. The fourth-order valence-corrected chi connectivity index (χ4v) is 7.91. The molecule has 0 saturated carbocycles. The van der Waals surface area contributed by atoms with E-state index in [2.05, 4.69) is 138 Å². The molecule has 0 saturated heterocycles. The van der Waals surface area contributed by atoms with Gasteiger partial charge in [-0.25, -0.2) is 4.85 Å². The molecule has 0 amide bonds. The van der Waals surface area contributed by atoms with Crippen LogP contribution in [-0.2, 0) is 0 Å². The molecule has 0 N–H and O–H groups in total. The van der Waals surface area contributed by atoms with Crippen molar-refractivity contribution in [3.63, 3.8) is 0 Å². The van der Waals surface area contributed by atoms with Gasteiger partial charge in [-0.05, 0) is 83.2 Å². The number of hydrogen-bond donors (Lipinski definition) is 0. The minimum atomic E-state index is -0.121. The molecule has 2 nitrogen and oxygen atoms in total. The molecule has 2 unspecified atom stereocenters. The summed E-state index contributed by atoms with van der Waals surface area (Å²) in [4.78, 5) is 4.05. The summed E-state index contributed by atoms with van der Waals surface area (Å²) < 4.78 is 0. The average Bonchev–Trinajstić information content (AvgIpc) is 3.61. The van der Waals surface area contributed by atoms with E-state index < -0.39 is 0 Å². The molecule has 7 aromatic rings. The molecule has 0 spiro atoms. The molecule has 202 valence electrons. The SMILES string of the molecule is [C-]#[N+]c1cc(C#N)c(C2c3ccccc3-c3ccc4ccccc4c32)cc1C1c2ccccc2-c2ccc3ccccc3c21. The van der Waals surface area contributed by atoms with Crippen LogP contribution in [0.15, 0.2) is 133 Å². The van der Waals surface area contributed by atoms with Crippen LogP contribution in [0.2, 0.25) is 0 Å². The van der Waals surface area contributed by atoms with Crippen molar-refractivity contribution in [3.8, 4) is 28.3 Å². The van der Waals surface area contributed by atoms with E-state index in [4.69, 9.17) is 6.57 Å². The van der Waals surface area contributed by atoms with Crippen LogP contribution in [0.4, 0.5) is 5.69 Å². The number of hydrogen-bond acceptors (Lipinski definition) is 1. The van der Waals surface area contributed by atoms with Gasteiger partial charge in [-0.15, -0.1) is 0 Å². The highest BCUT2D eigenvalue weighted by Crippen LogP contribution is 2.55. The Balaban J connectivity index is 1.37. The summed E-state index contributed by atoms with van der Waals surface area (Å²) in [5.74, 6) is -0.240. The summed E-state index contributed by atoms with van der Waals surface area (Å²) >= 11 is 0. The van der Waals surface area contributed by atoms with E-state index in [-0.39, 0.29) is 11.8 Å². The lowest BCUT2D eigenvalue weighted by atomic mass is 9.79. The third kappa shape index (κ3) is 3.29. The van der Waals surface area contributed by atoms with Crippen LogP contribution in [0, 0.1) is 17.9 Å². The van der Waals surface area contributed by atoms with Gasteiger partial charge in [-0.1, -0.05) is 127 Å². The number of rotatable bonds is 2. The monoisotopic (exact) mass is 556 g/mol. The molecule has 2 aliphatic carbocycles. The zero-order valence-electron chi connectivity index (χ0n) is 23.8. The second-order valence-electron chi connectivity index (χ2n) is 11.8. The van der Waals surface area contributed by atoms with Crippen molar-refractivity contribution in [3.05, 3.63) is 184 Å². The highest BCUT2D eigenvalue weighted by molar-refractivity contribution is 5.99. The predicted molar refractivity (Wildman–Crippen MR) is 178 cm³/mol. The third-order valence-electron chi connectivity index (χ3n) is 9.70. The molecule has 0 radical (unpaired) electrons. The smallest absolute Gasteiger partial charge is 0.192 e. The van der Waals surface area contributed by atoms with E-state index in [1.54, 1.807) is 0 Å². The molecule has 7 aromatic carbocycles. The molecule has 0 heterocycles. The Morgan fingerprint density at radius 3 is 1.55 bits per heavy atom. The standard InChI is InChI=1S/C42H24N2/c1-44-38-22-27(24-43)36(41-32-16-8-6-14-30(32)34-20-18-25-10-2-4-12-28(25)39(34)41)23-37(38)42-33-17-9-7-15-31(33)35-21-19-26-11-3-5-13-29(26)40(35)42/h2-23,41-42H. The van der Waals surface area contributed by atoms with Crippen molar-refractivity contribution in [2.24, 2.45) is 0 Å². The first kappa shape index (κ1) is 24.6. The Bertz CT molecular complexity index is 2270. The number of benzene rings is 7. The van der Waals surface area contributed by atoms with Crippen molar-refractivity contribution in [1.29, 1.82) is 5.26 Å². The quantitative estimate of drug-likeness (QED) is 0.195. The van der Waals surface area contributed by atoms with Crippen LogP contribution >= 0.6 is 0 Å². The first-order valence-corrected chi connectivity index (χ1v) is 14.9. The van der Waals surface area contributed by atoms with Crippen LogP contribution in [0.5, 0.6) is 0 Å². The van der Waals surface area contributed by atoms with Crippen LogP contribution in [0.25, 0.3) is 48.6 Å².